The molecule has 0 aliphatic carbocycles. The van der Waals surface area contributed by atoms with Crippen molar-refractivity contribution in [3.05, 3.63) is 34.6 Å². The van der Waals surface area contributed by atoms with Gasteiger partial charge in [0.2, 0.25) is 0 Å². The van der Waals surface area contributed by atoms with Crippen molar-refractivity contribution in [3.63, 3.8) is 0 Å². The number of hydrogen-bond acceptors (Lipinski definition) is 3. The van der Waals surface area contributed by atoms with Crippen LogP contribution in [0.25, 0.3) is 0 Å². The van der Waals surface area contributed by atoms with Crippen LogP contribution in [0.3, 0.4) is 0 Å². The first-order valence-corrected chi connectivity index (χ1v) is 6.24. The SMILES string of the molecule is Cc1cc(C#N)c(F)cc1C1OC(C)(C)C(C)(C)O1. The quantitative estimate of drug-likeness (QED) is 0.777. The monoisotopic (exact) mass is 263 g/mol. The minimum Gasteiger partial charge on any atom is -0.339 e. The van der Waals surface area contributed by atoms with Crippen molar-refractivity contribution >= 4 is 0 Å². The van der Waals surface area contributed by atoms with Crippen LogP contribution >= 0.6 is 0 Å². The molecule has 0 amide bonds. The van der Waals surface area contributed by atoms with Crippen molar-refractivity contribution in [3.8, 4) is 6.07 Å². The van der Waals surface area contributed by atoms with Crippen LogP contribution in [0.2, 0.25) is 0 Å². The van der Waals surface area contributed by atoms with Crippen LogP contribution in [0, 0.1) is 24.1 Å². The van der Waals surface area contributed by atoms with E-state index < -0.39 is 23.3 Å². The number of nitriles is 1. The lowest BCUT2D eigenvalue weighted by molar-refractivity contribution is -0.0900. The summed E-state index contributed by atoms with van der Waals surface area (Å²) in [5.74, 6) is -0.544. The van der Waals surface area contributed by atoms with E-state index in [4.69, 9.17) is 14.7 Å². The number of nitrogens with zero attached hydrogens (tertiary/aromatic N) is 1. The molecule has 0 atom stereocenters. The summed E-state index contributed by atoms with van der Waals surface area (Å²) in [5, 5.41) is 8.81. The van der Waals surface area contributed by atoms with E-state index in [1.807, 2.05) is 40.7 Å². The van der Waals surface area contributed by atoms with Crippen LogP contribution in [-0.2, 0) is 9.47 Å². The Bertz CT molecular complexity index is 542. The predicted molar refractivity (Wildman–Crippen MR) is 68.9 cm³/mol. The molecular formula is C15H18FNO2. The highest BCUT2D eigenvalue weighted by atomic mass is 19.1. The highest BCUT2D eigenvalue weighted by Gasteiger charge is 2.49. The van der Waals surface area contributed by atoms with Crippen LogP contribution in [0.1, 0.15) is 50.7 Å². The second-order valence-electron chi connectivity index (χ2n) is 5.89. The number of ether oxygens (including phenoxy) is 2. The highest BCUT2D eigenvalue weighted by Crippen LogP contribution is 2.45. The maximum atomic E-state index is 13.7. The molecule has 1 aromatic rings. The lowest BCUT2D eigenvalue weighted by Crippen LogP contribution is -2.41. The van der Waals surface area contributed by atoms with Gasteiger partial charge in [-0.05, 0) is 52.3 Å². The van der Waals surface area contributed by atoms with E-state index >= 15 is 0 Å². The van der Waals surface area contributed by atoms with Crippen molar-refractivity contribution in [2.45, 2.75) is 52.1 Å². The Hall–Kier alpha value is -1.44. The largest absolute Gasteiger partial charge is 0.339 e. The molecule has 0 aromatic heterocycles. The number of rotatable bonds is 1. The molecule has 3 nitrogen and oxygen atoms in total. The van der Waals surface area contributed by atoms with E-state index in [2.05, 4.69) is 0 Å². The summed E-state index contributed by atoms with van der Waals surface area (Å²) in [7, 11) is 0. The van der Waals surface area contributed by atoms with E-state index in [-0.39, 0.29) is 5.56 Å². The second-order valence-corrected chi connectivity index (χ2v) is 5.89. The zero-order valence-corrected chi connectivity index (χ0v) is 11.9. The fourth-order valence-electron chi connectivity index (χ4n) is 2.01. The summed E-state index contributed by atoms with van der Waals surface area (Å²) < 4.78 is 25.5. The molecule has 0 radical (unpaired) electrons. The molecule has 0 unspecified atom stereocenters. The maximum Gasteiger partial charge on any atom is 0.185 e. The summed E-state index contributed by atoms with van der Waals surface area (Å²) in [6, 6.07) is 4.68. The smallest absolute Gasteiger partial charge is 0.185 e. The molecule has 1 fully saturated rings. The highest BCUT2D eigenvalue weighted by molar-refractivity contribution is 5.39. The van der Waals surface area contributed by atoms with Gasteiger partial charge in [-0.2, -0.15) is 5.26 Å². The van der Waals surface area contributed by atoms with Crippen molar-refractivity contribution in [2.75, 3.05) is 0 Å². The van der Waals surface area contributed by atoms with Crippen LogP contribution < -0.4 is 0 Å². The summed E-state index contributed by atoms with van der Waals surface area (Å²) in [6.45, 7) is 9.61. The number of benzene rings is 1. The van der Waals surface area contributed by atoms with E-state index in [0.29, 0.717) is 5.56 Å². The Labute approximate surface area is 112 Å². The third-order valence-corrected chi connectivity index (χ3v) is 3.98. The van der Waals surface area contributed by atoms with Gasteiger partial charge in [-0.15, -0.1) is 0 Å². The van der Waals surface area contributed by atoms with Crippen LogP contribution in [0.4, 0.5) is 4.39 Å². The second kappa shape index (κ2) is 4.29. The lowest BCUT2D eigenvalue weighted by atomic mass is 9.90. The molecule has 1 heterocycles. The molecule has 0 saturated carbocycles. The molecule has 0 N–H and O–H groups in total. The van der Waals surface area contributed by atoms with Gasteiger partial charge < -0.3 is 9.47 Å². The molecule has 1 aliphatic rings. The first-order chi connectivity index (χ1) is 8.68. The fraction of sp³-hybridized carbons (Fsp3) is 0.533. The molecule has 2 rings (SSSR count). The van der Waals surface area contributed by atoms with E-state index in [1.54, 1.807) is 0 Å². The molecule has 1 aliphatic heterocycles. The average Bonchev–Trinajstić information content (AvgIpc) is 2.50. The lowest BCUT2D eigenvalue weighted by Gasteiger charge is -2.30. The number of halogens is 1. The maximum absolute atomic E-state index is 13.7. The molecule has 0 spiro atoms. The van der Waals surface area contributed by atoms with Gasteiger partial charge in [0.15, 0.2) is 6.29 Å². The summed E-state index contributed by atoms with van der Waals surface area (Å²) >= 11 is 0. The average molecular weight is 263 g/mol. The minimum atomic E-state index is -0.604. The number of hydrogen-bond donors (Lipinski definition) is 0. The van der Waals surface area contributed by atoms with Crippen LogP contribution in [-0.4, -0.2) is 11.2 Å². The Balaban J connectivity index is 2.41. The zero-order valence-electron chi connectivity index (χ0n) is 11.9. The standard InChI is InChI=1S/C15H18FNO2/c1-9-6-10(8-17)12(16)7-11(9)13-18-14(2,3)15(4,5)19-13/h6-7,13H,1-5H3. The van der Waals surface area contributed by atoms with Crippen molar-refractivity contribution in [2.24, 2.45) is 0 Å². The van der Waals surface area contributed by atoms with Gasteiger partial charge in [0.1, 0.15) is 11.9 Å². The van der Waals surface area contributed by atoms with Crippen LogP contribution in [0.15, 0.2) is 12.1 Å². The van der Waals surface area contributed by atoms with Crippen molar-refractivity contribution < 1.29 is 13.9 Å². The van der Waals surface area contributed by atoms with Gasteiger partial charge in [0.05, 0.1) is 16.8 Å². The third kappa shape index (κ3) is 2.24. The summed E-state index contributed by atoms with van der Waals surface area (Å²) in [5.41, 5.74) is 0.535. The van der Waals surface area contributed by atoms with Crippen molar-refractivity contribution in [1.29, 1.82) is 5.26 Å². The summed E-state index contributed by atoms with van der Waals surface area (Å²) in [4.78, 5) is 0. The van der Waals surface area contributed by atoms with Gasteiger partial charge in [-0.1, -0.05) is 0 Å². The van der Waals surface area contributed by atoms with Gasteiger partial charge >= 0.3 is 0 Å². The zero-order chi connectivity index (χ0) is 14.4. The third-order valence-electron chi connectivity index (χ3n) is 3.98. The van der Waals surface area contributed by atoms with E-state index in [0.717, 1.165) is 5.56 Å². The first-order valence-electron chi connectivity index (χ1n) is 6.24. The Morgan fingerprint density at radius 1 is 1.16 bits per heavy atom. The molecule has 0 bridgehead atoms. The first kappa shape index (κ1) is 14.0. The topological polar surface area (TPSA) is 42.2 Å². The molecule has 19 heavy (non-hydrogen) atoms. The van der Waals surface area contributed by atoms with Crippen LogP contribution in [0.5, 0.6) is 0 Å². The van der Waals surface area contributed by atoms with Gasteiger partial charge in [0, 0.05) is 5.56 Å². The number of aryl methyl sites for hydroxylation is 1. The molecular weight excluding hydrogens is 245 g/mol. The van der Waals surface area contributed by atoms with Gasteiger partial charge in [-0.3, -0.25) is 0 Å². The predicted octanol–water partition coefficient (Wildman–Crippen LogP) is 3.61. The molecule has 102 valence electrons. The van der Waals surface area contributed by atoms with Crippen molar-refractivity contribution in [1.82, 2.24) is 0 Å². The van der Waals surface area contributed by atoms with E-state index in [9.17, 15) is 4.39 Å². The molecule has 4 heteroatoms. The normalized spacial score (nSPS) is 21.3. The Morgan fingerprint density at radius 2 is 1.68 bits per heavy atom. The summed E-state index contributed by atoms with van der Waals surface area (Å²) in [6.07, 6.45) is -0.604. The van der Waals surface area contributed by atoms with Gasteiger partial charge in [0.25, 0.3) is 0 Å². The molecule has 1 saturated heterocycles. The van der Waals surface area contributed by atoms with Gasteiger partial charge in [-0.25, -0.2) is 4.39 Å². The fourth-order valence-corrected chi connectivity index (χ4v) is 2.01. The van der Waals surface area contributed by atoms with E-state index in [1.165, 1.54) is 12.1 Å². The Kier molecular flexibility index (Phi) is 3.16. The Morgan fingerprint density at radius 3 is 2.16 bits per heavy atom. The minimum absolute atomic E-state index is 0.0396. The molecule has 1 aromatic carbocycles.